The van der Waals surface area contributed by atoms with E-state index in [0.717, 1.165) is 74.0 Å². The largest absolute Gasteiger partial charge is 0.342 e. The summed E-state index contributed by atoms with van der Waals surface area (Å²) in [7, 11) is 0. The van der Waals surface area contributed by atoms with Gasteiger partial charge in [-0.3, -0.25) is 9.89 Å². The van der Waals surface area contributed by atoms with Crippen LogP contribution in [0.3, 0.4) is 0 Å². The van der Waals surface area contributed by atoms with Gasteiger partial charge >= 0.3 is 0 Å². The second-order valence-corrected chi connectivity index (χ2v) is 8.66. The molecule has 0 aromatic carbocycles. The molecule has 1 saturated heterocycles. The molecule has 7 nitrogen and oxygen atoms in total. The predicted octanol–water partition coefficient (Wildman–Crippen LogP) is 3.92. The minimum Gasteiger partial charge on any atom is -0.342 e. The van der Waals surface area contributed by atoms with Gasteiger partial charge in [0.1, 0.15) is 11.6 Å². The van der Waals surface area contributed by atoms with E-state index in [-0.39, 0.29) is 5.92 Å². The molecule has 0 bridgehead atoms. The minimum absolute atomic E-state index is 0.282. The van der Waals surface area contributed by atoms with E-state index >= 15 is 0 Å². The number of rotatable bonds is 5. The van der Waals surface area contributed by atoms with Crippen molar-refractivity contribution in [2.45, 2.75) is 65.2 Å². The Balaban J connectivity index is 1.32. The molecule has 0 atom stereocenters. The molecule has 0 spiro atoms. The average molecular weight is 397 g/mol. The van der Waals surface area contributed by atoms with Crippen LogP contribution in [0.2, 0.25) is 0 Å². The van der Waals surface area contributed by atoms with Crippen LogP contribution in [0.15, 0.2) is 12.1 Å². The zero-order chi connectivity index (χ0) is 20.2. The molecule has 2 N–H and O–H groups in total. The highest BCUT2D eigenvalue weighted by Gasteiger charge is 2.29. The lowest BCUT2D eigenvalue weighted by atomic mass is 9.86. The summed E-state index contributed by atoms with van der Waals surface area (Å²) in [6.07, 6.45) is 8.95. The number of hydrogen-bond acceptors (Lipinski definition) is 5. The molecular formula is C22H32N6O. The van der Waals surface area contributed by atoms with Gasteiger partial charge in [0, 0.05) is 42.5 Å². The van der Waals surface area contributed by atoms with E-state index in [4.69, 9.17) is 0 Å². The molecule has 1 saturated carbocycles. The van der Waals surface area contributed by atoms with Gasteiger partial charge in [-0.05, 0) is 51.9 Å². The molecule has 0 unspecified atom stereocenters. The number of hydrogen-bond donors (Lipinski definition) is 2. The average Bonchev–Trinajstić information content (AvgIpc) is 3.13. The van der Waals surface area contributed by atoms with Crippen molar-refractivity contribution in [1.82, 2.24) is 25.1 Å². The van der Waals surface area contributed by atoms with Crippen molar-refractivity contribution in [3.63, 3.8) is 0 Å². The Morgan fingerprint density at radius 3 is 2.52 bits per heavy atom. The maximum atomic E-state index is 12.8. The summed E-state index contributed by atoms with van der Waals surface area (Å²) in [6.45, 7) is 5.68. The summed E-state index contributed by atoms with van der Waals surface area (Å²) in [5, 5.41) is 10.4. The van der Waals surface area contributed by atoms with Crippen molar-refractivity contribution in [2.24, 2.45) is 11.8 Å². The van der Waals surface area contributed by atoms with Crippen molar-refractivity contribution in [2.75, 3.05) is 18.4 Å². The molecule has 4 rings (SSSR count). The van der Waals surface area contributed by atoms with E-state index in [1.54, 1.807) is 0 Å². The van der Waals surface area contributed by atoms with E-state index in [1.807, 2.05) is 26.0 Å². The first kappa shape index (κ1) is 19.9. The van der Waals surface area contributed by atoms with Crippen molar-refractivity contribution in [3.05, 3.63) is 29.3 Å². The van der Waals surface area contributed by atoms with Gasteiger partial charge in [-0.15, -0.1) is 0 Å². The summed E-state index contributed by atoms with van der Waals surface area (Å²) in [6, 6.07) is 3.98. The van der Waals surface area contributed by atoms with Crippen LogP contribution in [0.5, 0.6) is 0 Å². The fourth-order valence-electron chi connectivity index (χ4n) is 4.67. The maximum absolute atomic E-state index is 12.8. The van der Waals surface area contributed by atoms with Crippen molar-refractivity contribution >= 4 is 17.5 Å². The van der Waals surface area contributed by atoms with Crippen LogP contribution in [0, 0.1) is 25.7 Å². The third-order valence-electron chi connectivity index (χ3n) is 6.23. The Morgan fingerprint density at radius 1 is 1.07 bits per heavy atom. The van der Waals surface area contributed by atoms with Gasteiger partial charge < -0.3 is 10.2 Å². The topological polar surface area (TPSA) is 86.8 Å². The van der Waals surface area contributed by atoms with Crippen molar-refractivity contribution in [3.8, 4) is 0 Å². The highest BCUT2D eigenvalue weighted by molar-refractivity contribution is 5.79. The van der Waals surface area contributed by atoms with Crippen LogP contribution < -0.4 is 5.32 Å². The van der Waals surface area contributed by atoms with Gasteiger partial charge in [0.2, 0.25) is 5.91 Å². The molecule has 1 amide bonds. The number of aryl methyl sites for hydroxylation is 2. The van der Waals surface area contributed by atoms with E-state index in [1.165, 1.54) is 19.3 Å². The molecule has 0 radical (unpaired) electrons. The number of likely N-dealkylation sites (tertiary alicyclic amines) is 1. The minimum atomic E-state index is 0.282. The predicted molar refractivity (Wildman–Crippen MR) is 113 cm³/mol. The second kappa shape index (κ2) is 8.93. The summed E-state index contributed by atoms with van der Waals surface area (Å²) >= 11 is 0. The lowest BCUT2D eigenvalue weighted by Gasteiger charge is -2.35. The monoisotopic (exact) mass is 396 g/mol. The molecule has 29 heavy (non-hydrogen) atoms. The molecule has 156 valence electrons. The van der Waals surface area contributed by atoms with Gasteiger partial charge in [0.25, 0.3) is 0 Å². The first-order valence-electron chi connectivity index (χ1n) is 11.0. The third kappa shape index (κ3) is 5.14. The van der Waals surface area contributed by atoms with E-state index in [0.29, 0.717) is 11.8 Å². The number of nitrogens with one attached hydrogen (secondary N) is 2. The number of carbonyl (C=O) groups is 1. The molecule has 2 aromatic rings. The Kier molecular flexibility index (Phi) is 6.11. The smallest absolute Gasteiger partial charge is 0.225 e. The van der Waals surface area contributed by atoms with Crippen LogP contribution in [-0.4, -0.2) is 44.1 Å². The number of carbonyl (C=O) groups excluding carboxylic acids is 1. The number of anilines is 2. The highest BCUT2D eigenvalue weighted by atomic mass is 16.2. The SMILES string of the molecule is Cc1nc(CC2CCN(C(=O)C3CCCCC3)CC2)cc(Nc2cc(C)[nH]n2)n1. The summed E-state index contributed by atoms with van der Waals surface area (Å²) in [5.74, 6) is 3.57. The first-order valence-corrected chi connectivity index (χ1v) is 11.0. The van der Waals surface area contributed by atoms with Crippen LogP contribution in [0.25, 0.3) is 0 Å². The van der Waals surface area contributed by atoms with Crippen molar-refractivity contribution < 1.29 is 4.79 Å². The Labute approximate surface area is 172 Å². The normalized spacial score (nSPS) is 18.8. The first-order chi connectivity index (χ1) is 14.1. The fraction of sp³-hybridized carbons (Fsp3) is 0.636. The number of aromatic nitrogens is 4. The third-order valence-corrected chi connectivity index (χ3v) is 6.23. The molecule has 3 heterocycles. The fourth-order valence-corrected chi connectivity index (χ4v) is 4.67. The van der Waals surface area contributed by atoms with Crippen LogP contribution in [0.1, 0.15) is 62.2 Å². The van der Waals surface area contributed by atoms with Crippen LogP contribution >= 0.6 is 0 Å². The number of amides is 1. The Morgan fingerprint density at radius 2 is 1.83 bits per heavy atom. The molecule has 2 fully saturated rings. The van der Waals surface area contributed by atoms with E-state index < -0.39 is 0 Å². The lowest BCUT2D eigenvalue weighted by Crippen LogP contribution is -2.42. The second-order valence-electron chi connectivity index (χ2n) is 8.66. The summed E-state index contributed by atoms with van der Waals surface area (Å²) < 4.78 is 0. The molecular weight excluding hydrogens is 364 g/mol. The Bertz CT molecular complexity index is 834. The van der Waals surface area contributed by atoms with Gasteiger partial charge in [-0.25, -0.2) is 9.97 Å². The zero-order valence-corrected chi connectivity index (χ0v) is 17.6. The molecule has 2 aromatic heterocycles. The standard InChI is InChI=1S/C22H32N6O/c1-15-12-21(27-26-15)25-20-14-19(23-16(2)24-20)13-17-8-10-28(11-9-17)22(29)18-6-4-3-5-7-18/h12,14,17-18H,3-11,13H2,1-2H3,(H2,23,24,25,26,27). The van der Waals surface area contributed by atoms with E-state index in [2.05, 4.69) is 30.4 Å². The highest BCUT2D eigenvalue weighted by Crippen LogP contribution is 2.28. The van der Waals surface area contributed by atoms with Gasteiger partial charge in [-0.1, -0.05) is 19.3 Å². The number of H-pyrrole nitrogens is 1. The van der Waals surface area contributed by atoms with Crippen molar-refractivity contribution in [1.29, 1.82) is 0 Å². The number of aromatic amines is 1. The molecule has 1 aliphatic carbocycles. The molecule has 1 aliphatic heterocycles. The summed E-state index contributed by atoms with van der Waals surface area (Å²) in [4.78, 5) is 24.0. The number of piperidine rings is 1. The van der Waals surface area contributed by atoms with E-state index in [9.17, 15) is 4.79 Å². The quantitative estimate of drug-likeness (QED) is 0.800. The van der Waals surface area contributed by atoms with Gasteiger partial charge in [0.05, 0.1) is 0 Å². The number of nitrogens with zero attached hydrogens (tertiary/aromatic N) is 4. The Hall–Kier alpha value is -2.44. The van der Waals surface area contributed by atoms with Crippen LogP contribution in [-0.2, 0) is 11.2 Å². The van der Waals surface area contributed by atoms with Gasteiger partial charge in [0.15, 0.2) is 5.82 Å². The zero-order valence-electron chi connectivity index (χ0n) is 17.6. The molecule has 2 aliphatic rings. The van der Waals surface area contributed by atoms with Gasteiger partial charge in [-0.2, -0.15) is 5.10 Å². The van der Waals surface area contributed by atoms with Crippen LogP contribution in [0.4, 0.5) is 11.6 Å². The lowest BCUT2D eigenvalue weighted by molar-refractivity contribution is -0.138. The molecule has 7 heteroatoms. The maximum Gasteiger partial charge on any atom is 0.225 e. The summed E-state index contributed by atoms with van der Waals surface area (Å²) in [5.41, 5.74) is 2.07.